The molecule has 3 aromatic rings. The summed E-state index contributed by atoms with van der Waals surface area (Å²) in [6.07, 6.45) is 0.136. The van der Waals surface area contributed by atoms with E-state index in [1.165, 1.54) is 0 Å². The SMILES string of the molecule is CCSc1cccc2cc3c(nc12)-c1cc2c(c(=O)n1C3)COC(=O)[C@]2(O)CC. The first kappa shape index (κ1) is 18.4. The average molecular weight is 408 g/mol. The highest BCUT2D eigenvalue weighted by Crippen LogP contribution is 2.39. The van der Waals surface area contributed by atoms with Gasteiger partial charge in [-0.25, -0.2) is 9.78 Å². The lowest BCUT2D eigenvalue weighted by atomic mass is 9.86. The molecule has 1 aromatic carbocycles. The van der Waals surface area contributed by atoms with E-state index < -0.39 is 11.6 Å². The molecular formula is C22H20N2O4S. The van der Waals surface area contributed by atoms with Crippen molar-refractivity contribution in [3.63, 3.8) is 0 Å². The normalized spacial score (nSPS) is 19.6. The minimum atomic E-state index is -1.80. The Balaban J connectivity index is 1.78. The lowest BCUT2D eigenvalue weighted by Gasteiger charge is -2.31. The fourth-order valence-electron chi connectivity index (χ4n) is 4.25. The number of ether oxygens (including phenoxy) is 1. The van der Waals surface area contributed by atoms with Crippen LogP contribution in [-0.2, 0) is 28.3 Å². The van der Waals surface area contributed by atoms with Gasteiger partial charge in [-0.2, -0.15) is 0 Å². The molecule has 4 heterocycles. The van der Waals surface area contributed by atoms with Gasteiger partial charge < -0.3 is 14.4 Å². The van der Waals surface area contributed by atoms with Crippen LogP contribution in [0.4, 0.5) is 0 Å². The van der Waals surface area contributed by atoms with E-state index in [0.717, 1.165) is 32.8 Å². The summed E-state index contributed by atoms with van der Waals surface area (Å²) in [4.78, 5) is 31.5. The molecule has 0 saturated carbocycles. The van der Waals surface area contributed by atoms with Crippen molar-refractivity contribution < 1.29 is 14.6 Å². The number of rotatable bonds is 3. The molecule has 0 spiro atoms. The molecule has 7 heteroatoms. The number of hydrogen-bond acceptors (Lipinski definition) is 6. The van der Waals surface area contributed by atoms with E-state index in [0.29, 0.717) is 23.4 Å². The summed E-state index contributed by atoms with van der Waals surface area (Å²) >= 11 is 1.73. The Bertz CT molecular complexity index is 1250. The van der Waals surface area contributed by atoms with Gasteiger partial charge in [-0.1, -0.05) is 26.0 Å². The van der Waals surface area contributed by atoms with Crippen LogP contribution in [0.25, 0.3) is 22.3 Å². The number of aliphatic hydroxyl groups is 1. The van der Waals surface area contributed by atoms with E-state index in [4.69, 9.17) is 9.72 Å². The Kier molecular flexibility index (Phi) is 4.08. The molecule has 29 heavy (non-hydrogen) atoms. The molecule has 0 aliphatic carbocycles. The zero-order valence-corrected chi connectivity index (χ0v) is 17.0. The van der Waals surface area contributed by atoms with Gasteiger partial charge in [0, 0.05) is 21.4 Å². The third-order valence-electron chi connectivity index (χ3n) is 5.80. The summed E-state index contributed by atoms with van der Waals surface area (Å²) in [5.41, 5.74) is 1.90. The lowest BCUT2D eigenvalue weighted by Crippen LogP contribution is -2.44. The zero-order chi connectivity index (χ0) is 20.3. The molecule has 0 bridgehead atoms. The van der Waals surface area contributed by atoms with E-state index in [1.54, 1.807) is 29.3 Å². The molecule has 1 N–H and O–H groups in total. The maximum Gasteiger partial charge on any atom is 0.343 e. The maximum atomic E-state index is 13.2. The minimum Gasteiger partial charge on any atom is -0.458 e. The van der Waals surface area contributed by atoms with Crippen molar-refractivity contribution in [1.29, 1.82) is 0 Å². The predicted molar refractivity (Wildman–Crippen MR) is 111 cm³/mol. The summed E-state index contributed by atoms with van der Waals surface area (Å²) in [7, 11) is 0. The van der Waals surface area contributed by atoms with Crippen LogP contribution in [0.3, 0.4) is 0 Å². The van der Waals surface area contributed by atoms with Gasteiger partial charge in [0.15, 0.2) is 5.60 Å². The molecule has 2 aliphatic heterocycles. The number of carbonyl (C=O) groups is 1. The van der Waals surface area contributed by atoms with Crippen molar-refractivity contribution in [2.75, 3.05) is 5.75 Å². The first-order chi connectivity index (χ1) is 14.0. The fourth-order valence-corrected chi connectivity index (χ4v) is 5.04. The van der Waals surface area contributed by atoms with Crippen LogP contribution in [0.15, 0.2) is 40.0 Å². The molecule has 0 radical (unpaired) electrons. The van der Waals surface area contributed by atoms with Gasteiger partial charge in [-0.15, -0.1) is 11.8 Å². The maximum absolute atomic E-state index is 13.2. The number of fused-ring (bicyclic) bond motifs is 5. The van der Waals surface area contributed by atoms with E-state index in [-0.39, 0.29) is 18.6 Å². The fraction of sp³-hybridized carbons (Fsp3) is 0.318. The quantitative estimate of drug-likeness (QED) is 0.414. The summed E-state index contributed by atoms with van der Waals surface area (Å²) in [6, 6.07) is 9.93. The summed E-state index contributed by atoms with van der Waals surface area (Å²) < 4.78 is 6.78. The van der Waals surface area contributed by atoms with Crippen LogP contribution in [0.1, 0.15) is 37.0 Å². The van der Waals surface area contributed by atoms with Gasteiger partial charge in [0.05, 0.1) is 29.0 Å². The molecule has 0 amide bonds. The van der Waals surface area contributed by atoms with Crippen molar-refractivity contribution in [2.24, 2.45) is 0 Å². The molecule has 1 atom stereocenters. The number of nitrogens with zero attached hydrogens (tertiary/aromatic N) is 2. The third kappa shape index (κ3) is 2.50. The van der Waals surface area contributed by atoms with Gasteiger partial charge >= 0.3 is 5.97 Å². The minimum absolute atomic E-state index is 0.112. The monoisotopic (exact) mass is 408 g/mol. The highest BCUT2D eigenvalue weighted by atomic mass is 32.2. The van der Waals surface area contributed by atoms with Crippen LogP contribution < -0.4 is 5.56 Å². The predicted octanol–water partition coefficient (Wildman–Crippen LogP) is 3.19. The first-order valence-corrected chi connectivity index (χ1v) is 10.7. The van der Waals surface area contributed by atoms with E-state index >= 15 is 0 Å². The number of carbonyl (C=O) groups excluding carboxylic acids is 1. The second kappa shape index (κ2) is 6.43. The summed E-state index contributed by atoms with van der Waals surface area (Å²) in [5.74, 6) is 0.232. The lowest BCUT2D eigenvalue weighted by molar-refractivity contribution is -0.172. The number of benzene rings is 1. The topological polar surface area (TPSA) is 81.4 Å². The Hall–Kier alpha value is -2.64. The highest BCUT2D eigenvalue weighted by molar-refractivity contribution is 7.99. The molecule has 0 saturated heterocycles. The third-order valence-corrected chi connectivity index (χ3v) is 6.73. The number of aromatic nitrogens is 2. The average Bonchev–Trinajstić information content (AvgIpc) is 3.08. The first-order valence-electron chi connectivity index (χ1n) is 9.70. The molecule has 0 unspecified atom stereocenters. The van der Waals surface area contributed by atoms with Gasteiger partial charge in [0.1, 0.15) is 6.61 Å². The molecule has 5 rings (SSSR count). The molecule has 148 valence electrons. The van der Waals surface area contributed by atoms with Crippen molar-refractivity contribution in [2.45, 2.75) is 43.9 Å². The van der Waals surface area contributed by atoms with Gasteiger partial charge in [-0.05, 0) is 30.4 Å². The highest BCUT2D eigenvalue weighted by Gasteiger charge is 2.45. The number of esters is 1. The summed E-state index contributed by atoms with van der Waals surface area (Å²) in [6.45, 7) is 4.11. The molecule has 2 aromatic heterocycles. The molecule has 6 nitrogen and oxygen atoms in total. The Morgan fingerprint density at radius 2 is 2.10 bits per heavy atom. The standard InChI is InChI=1S/C22H20N2O4S/c1-3-22(27)15-9-16-18-13(10-24(16)20(25)14(15)11-28-21(22)26)8-12-6-5-7-17(29-4-2)19(12)23-18/h5-9,27H,3-4,10-11H2,1-2H3/t22-/m0/s1. The Morgan fingerprint density at radius 3 is 2.86 bits per heavy atom. The number of cyclic esters (lactones) is 1. The number of pyridine rings is 2. The van der Waals surface area contributed by atoms with Gasteiger partial charge in [0.25, 0.3) is 5.56 Å². The van der Waals surface area contributed by atoms with E-state index in [2.05, 4.69) is 19.1 Å². The Morgan fingerprint density at radius 1 is 1.28 bits per heavy atom. The van der Waals surface area contributed by atoms with E-state index in [9.17, 15) is 14.7 Å². The van der Waals surface area contributed by atoms with Crippen LogP contribution in [0, 0.1) is 0 Å². The second-order valence-corrected chi connectivity index (χ2v) is 8.67. The van der Waals surface area contributed by atoms with Crippen molar-refractivity contribution in [3.8, 4) is 11.4 Å². The smallest absolute Gasteiger partial charge is 0.343 e. The van der Waals surface area contributed by atoms with Gasteiger partial charge in [-0.3, -0.25) is 4.79 Å². The number of hydrogen-bond donors (Lipinski definition) is 1. The second-order valence-electron chi connectivity index (χ2n) is 7.36. The van der Waals surface area contributed by atoms with Crippen molar-refractivity contribution in [1.82, 2.24) is 9.55 Å². The van der Waals surface area contributed by atoms with Crippen molar-refractivity contribution in [3.05, 3.63) is 57.4 Å². The molecule has 0 fully saturated rings. The van der Waals surface area contributed by atoms with Gasteiger partial charge in [0.2, 0.25) is 0 Å². The molecular weight excluding hydrogens is 388 g/mol. The zero-order valence-electron chi connectivity index (χ0n) is 16.2. The van der Waals surface area contributed by atoms with Crippen LogP contribution in [0.2, 0.25) is 0 Å². The van der Waals surface area contributed by atoms with Crippen LogP contribution in [0.5, 0.6) is 0 Å². The van der Waals surface area contributed by atoms with Crippen LogP contribution in [-0.4, -0.2) is 26.4 Å². The van der Waals surface area contributed by atoms with Crippen LogP contribution >= 0.6 is 11.8 Å². The van der Waals surface area contributed by atoms with E-state index in [1.807, 2.05) is 12.1 Å². The number of thioether (sulfide) groups is 1. The molecule has 2 aliphatic rings. The summed E-state index contributed by atoms with van der Waals surface area (Å²) in [5, 5.41) is 12.0. The number of para-hydroxylation sites is 1. The van der Waals surface area contributed by atoms with Crippen molar-refractivity contribution >= 4 is 28.6 Å². The largest absolute Gasteiger partial charge is 0.458 e. The Labute approximate surface area is 171 Å².